The van der Waals surface area contributed by atoms with E-state index in [1.165, 1.54) is 11.1 Å². The number of piperidine rings is 1. The first-order valence-electron chi connectivity index (χ1n) is 9.65. The Hall–Kier alpha value is -0.881. The molecule has 5 heteroatoms. The maximum atomic E-state index is 12.6. The van der Waals surface area contributed by atoms with Gasteiger partial charge in [-0.3, -0.25) is 0 Å². The molecule has 2 saturated heterocycles. The Morgan fingerprint density at radius 3 is 2.65 bits per heavy atom. The van der Waals surface area contributed by atoms with Gasteiger partial charge in [0.2, 0.25) is 0 Å². The van der Waals surface area contributed by atoms with Crippen molar-refractivity contribution < 1.29 is 13.9 Å². The van der Waals surface area contributed by atoms with E-state index in [1.807, 2.05) is 0 Å². The van der Waals surface area contributed by atoms with E-state index in [-0.39, 0.29) is 30.5 Å². The molecule has 0 aromatic heterocycles. The summed E-state index contributed by atoms with van der Waals surface area (Å²) < 4.78 is 20.0. The number of rotatable bonds is 6. The third-order valence-corrected chi connectivity index (χ3v) is 8.75. The fourth-order valence-electron chi connectivity index (χ4n) is 4.16. The molecule has 4 atom stereocenters. The van der Waals surface area contributed by atoms with E-state index in [4.69, 9.17) is 4.74 Å². The van der Waals surface area contributed by atoms with Crippen LogP contribution in [0, 0.1) is 5.92 Å². The monoisotopic (exact) mass is 467 g/mol. The van der Waals surface area contributed by atoms with Crippen LogP contribution in [0.1, 0.15) is 36.3 Å². The quantitative estimate of drug-likeness (QED) is 0.502. The second-order valence-electron chi connectivity index (χ2n) is 8.64. The van der Waals surface area contributed by atoms with Crippen molar-refractivity contribution in [2.75, 3.05) is 13.3 Å². The number of benzene rings is 1. The Bertz CT molecular complexity index is 653. The van der Waals surface area contributed by atoms with Crippen molar-refractivity contribution in [1.29, 1.82) is 0 Å². The standard InChI is InChI=1S/C18H21FNO2.3CH3.Sn/c1-2-12-3-5-13(6-4-12)15-11-14-7-8-16(20-14)17(15)18(21)22-10-9-19;;;;/h1-6,14-17,20H,7-11H2;3*1H3;/t14-,15+,16+,17-;;;;/m0..../s1. The zero-order valence-corrected chi connectivity index (χ0v) is 18.9. The number of halogens is 1. The molecule has 0 amide bonds. The molecule has 2 fully saturated rings. The molecule has 1 aromatic carbocycles. The molecule has 2 aliphatic heterocycles. The van der Waals surface area contributed by atoms with Crippen molar-refractivity contribution in [2.45, 2.75) is 52.1 Å². The summed E-state index contributed by atoms with van der Waals surface area (Å²) in [5, 5.41) is 3.55. The average Bonchev–Trinajstić information content (AvgIpc) is 2.98. The van der Waals surface area contributed by atoms with Crippen LogP contribution in [-0.2, 0) is 9.53 Å². The first-order chi connectivity index (χ1) is 12.4. The number of hydrogen-bond donors (Lipinski definition) is 1. The molecular weight excluding hydrogens is 436 g/mol. The molecule has 1 aromatic rings. The second-order valence-corrected chi connectivity index (χ2v) is 23.1. The summed E-state index contributed by atoms with van der Waals surface area (Å²) >= 11 is -1.91. The Kier molecular flexibility index (Phi) is 6.44. The van der Waals surface area contributed by atoms with Gasteiger partial charge in [0.05, 0.1) is 0 Å². The number of carbonyl (C=O) groups excluding carboxylic acids is 1. The van der Waals surface area contributed by atoms with Crippen molar-refractivity contribution in [3.05, 3.63) is 39.5 Å². The molecule has 0 aliphatic carbocycles. The summed E-state index contributed by atoms with van der Waals surface area (Å²) in [4.78, 5) is 19.7. The van der Waals surface area contributed by atoms with E-state index in [0.29, 0.717) is 6.04 Å². The molecule has 0 saturated carbocycles. The van der Waals surface area contributed by atoms with Gasteiger partial charge in [0.1, 0.15) is 0 Å². The Balaban J connectivity index is 1.78. The molecule has 2 heterocycles. The number of nitrogens with one attached hydrogen (secondary N) is 1. The number of ether oxygens (including phenoxy) is 1. The minimum atomic E-state index is -1.91. The van der Waals surface area contributed by atoms with Crippen LogP contribution in [0.2, 0.25) is 14.8 Å². The number of esters is 1. The molecule has 26 heavy (non-hydrogen) atoms. The van der Waals surface area contributed by atoms with Gasteiger partial charge in [0.25, 0.3) is 0 Å². The SMILES string of the molecule is [CH3][Sn]([CH3])([CH3])/[CH]=C\c1ccc([C@H]2C[C@@H]3CC[C@@H](N3)[C@H]2C(=O)OCCF)cc1. The average molecular weight is 466 g/mol. The van der Waals surface area contributed by atoms with Gasteiger partial charge in [-0.25, -0.2) is 4.39 Å². The number of hydrogen-bond acceptors (Lipinski definition) is 3. The van der Waals surface area contributed by atoms with E-state index in [1.54, 1.807) is 0 Å². The Morgan fingerprint density at radius 2 is 2.00 bits per heavy atom. The predicted octanol–water partition coefficient (Wildman–Crippen LogP) is 4.31. The van der Waals surface area contributed by atoms with Crippen molar-refractivity contribution in [3.8, 4) is 0 Å². The van der Waals surface area contributed by atoms with E-state index in [9.17, 15) is 9.18 Å². The maximum absolute atomic E-state index is 12.6. The molecule has 0 unspecified atom stereocenters. The van der Waals surface area contributed by atoms with E-state index in [2.05, 4.69) is 54.6 Å². The van der Waals surface area contributed by atoms with Crippen LogP contribution in [0.4, 0.5) is 4.39 Å². The van der Waals surface area contributed by atoms with Crippen LogP contribution in [0.5, 0.6) is 0 Å². The molecule has 1 N–H and O–H groups in total. The van der Waals surface area contributed by atoms with Gasteiger partial charge in [-0.05, 0) is 0 Å². The first kappa shape index (κ1) is 19.9. The number of carbonyl (C=O) groups is 1. The van der Waals surface area contributed by atoms with Gasteiger partial charge in [-0.15, -0.1) is 0 Å². The zero-order valence-electron chi connectivity index (χ0n) is 16.0. The van der Waals surface area contributed by atoms with Gasteiger partial charge in [0, 0.05) is 0 Å². The summed E-state index contributed by atoms with van der Waals surface area (Å²) in [6.07, 6.45) is 5.28. The van der Waals surface area contributed by atoms with Crippen LogP contribution >= 0.6 is 0 Å². The van der Waals surface area contributed by atoms with Crippen LogP contribution < -0.4 is 5.32 Å². The summed E-state index contributed by atoms with van der Waals surface area (Å²) in [7, 11) is 0. The number of alkyl halides is 1. The molecule has 0 radical (unpaired) electrons. The molecular formula is C21H30FNO2Sn. The molecule has 3 rings (SSSR count). The first-order valence-corrected chi connectivity index (χ1v) is 19.9. The van der Waals surface area contributed by atoms with Crippen LogP contribution in [0.15, 0.2) is 28.4 Å². The summed E-state index contributed by atoms with van der Waals surface area (Å²) in [5.41, 5.74) is 2.41. The normalized spacial score (nSPS) is 28.5. The third-order valence-electron chi connectivity index (χ3n) is 5.42. The van der Waals surface area contributed by atoms with Gasteiger partial charge >= 0.3 is 156 Å². The van der Waals surface area contributed by atoms with E-state index < -0.39 is 25.1 Å². The molecule has 0 spiro atoms. The molecule has 2 bridgehead atoms. The summed E-state index contributed by atoms with van der Waals surface area (Å²) in [5.74, 6) is -0.315. The van der Waals surface area contributed by atoms with Crippen LogP contribution in [-0.4, -0.2) is 49.7 Å². The van der Waals surface area contributed by atoms with E-state index in [0.717, 1.165) is 19.3 Å². The molecule has 142 valence electrons. The topological polar surface area (TPSA) is 38.3 Å². The van der Waals surface area contributed by atoms with Crippen molar-refractivity contribution in [3.63, 3.8) is 0 Å². The molecule has 3 nitrogen and oxygen atoms in total. The summed E-state index contributed by atoms with van der Waals surface area (Å²) in [6, 6.07) is 9.24. The zero-order chi connectivity index (χ0) is 18.7. The van der Waals surface area contributed by atoms with Gasteiger partial charge in [0.15, 0.2) is 0 Å². The Morgan fingerprint density at radius 1 is 1.27 bits per heavy atom. The second kappa shape index (κ2) is 8.42. The van der Waals surface area contributed by atoms with Crippen molar-refractivity contribution in [2.24, 2.45) is 5.92 Å². The fraction of sp³-hybridized carbons (Fsp3) is 0.571. The summed E-state index contributed by atoms with van der Waals surface area (Å²) in [6.45, 7) is -0.760. The minimum absolute atomic E-state index is 0.138. The van der Waals surface area contributed by atoms with Crippen molar-refractivity contribution in [1.82, 2.24) is 5.32 Å². The fourth-order valence-corrected chi connectivity index (χ4v) is 6.14. The number of fused-ring (bicyclic) bond motifs is 2. The van der Waals surface area contributed by atoms with E-state index >= 15 is 0 Å². The van der Waals surface area contributed by atoms with Gasteiger partial charge in [-0.1, -0.05) is 0 Å². The van der Waals surface area contributed by atoms with Crippen LogP contribution in [0.25, 0.3) is 6.08 Å². The third kappa shape index (κ3) is 4.88. The van der Waals surface area contributed by atoms with Gasteiger partial charge in [-0.2, -0.15) is 0 Å². The van der Waals surface area contributed by atoms with Crippen LogP contribution in [0.3, 0.4) is 0 Å². The predicted molar refractivity (Wildman–Crippen MR) is 107 cm³/mol. The molecule has 2 aliphatic rings. The van der Waals surface area contributed by atoms with Gasteiger partial charge < -0.3 is 0 Å². The Labute approximate surface area is 160 Å². The van der Waals surface area contributed by atoms with Crippen molar-refractivity contribution >= 4 is 30.4 Å².